The molecule has 0 aliphatic carbocycles. The van der Waals surface area contributed by atoms with Crippen LogP contribution in [0.25, 0.3) is 0 Å². The molecule has 0 radical (unpaired) electrons. The van der Waals surface area contributed by atoms with Crippen LogP contribution in [0.15, 0.2) is 0 Å². The number of carbonyl (C=O) groups excluding carboxylic acids is 1. The lowest BCUT2D eigenvalue weighted by molar-refractivity contribution is -0.146. The number of carboxylic acids is 1. The predicted molar refractivity (Wildman–Crippen MR) is 64.5 cm³/mol. The van der Waals surface area contributed by atoms with Crippen LogP contribution in [0.2, 0.25) is 0 Å². The number of hydrogen-bond acceptors (Lipinski definition) is 3. The first-order valence-electron chi connectivity index (χ1n) is 5.79. The van der Waals surface area contributed by atoms with Crippen molar-refractivity contribution in [3.63, 3.8) is 0 Å². The summed E-state index contributed by atoms with van der Waals surface area (Å²) in [6.07, 6.45) is -0.261. The molecule has 5 nitrogen and oxygen atoms in total. The molecule has 0 saturated carbocycles. The van der Waals surface area contributed by atoms with Gasteiger partial charge in [0.25, 0.3) is 0 Å². The monoisotopic (exact) mass is 245 g/mol. The molecule has 0 aliphatic heterocycles. The summed E-state index contributed by atoms with van der Waals surface area (Å²) in [5.41, 5.74) is 0.167. The fourth-order valence-electron chi connectivity index (χ4n) is 1.80. The van der Waals surface area contributed by atoms with Crippen LogP contribution in [0, 0.1) is 11.3 Å². The van der Waals surface area contributed by atoms with Gasteiger partial charge in [-0.3, -0.25) is 4.79 Å². The van der Waals surface area contributed by atoms with Gasteiger partial charge in [0.2, 0.25) is 5.91 Å². The van der Waals surface area contributed by atoms with E-state index in [9.17, 15) is 9.59 Å². The Balaban J connectivity index is 3.90. The molecule has 0 spiro atoms. The van der Waals surface area contributed by atoms with Gasteiger partial charge in [-0.05, 0) is 17.8 Å². The zero-order valence-corrected chi connectivity index (χ0v) is 11.0. The minimum atomic E-state index is -1.53. The van der Waals surface area contributed by atoms with E-state index in [-0.39, 0.29) is 23.8 Å². The van der Waals surface area contributed by atoms with E-state index in [4.69, 9.17) is 10.2 Å². The van der Waals surface area contributed by atoms with Crippen molar-refractivity contribution in [3.05, 3.63) is 0 Å². The molecular formula is C12H23NO4. The van der Waals surface area contributed by atoms with E-state index in [2.05, 4.69) is 26.1 Å². The maximum absolute atomic E-state index is 11.5. The molecule has 0 bridgehead atoms. The van der Waals surface area contributed by atoms with Crippen molar-refractivity contribution in [2.45, 2.75) is 46.6 Å². The van der Waals surface area contributed by atoms with Gasteiger partial charge in [0.05, 0.1) is 6.54 Å². The van der Waals surface area contributed by atoms with E-state index in [0.29, 0.717) is 6.42 Å². The highest BCUT2D eigenvalue weighted by molar-refractivity contribution is 5.78. The van der Waals surface area contributed by atoms with Crippen LogP contribution in [0.4, 0.5) is 0 Å². The van der Waals surface area contributed by atoms with Gasteiger partial charge in [-0.2, -0.15) is 0 Å². The Morgan fingerprint density at radius 3 is 2.24 bits per heavy atom. The van der Waals surface area contributed by atoms with Gasteiger partial charge in [0.15, 0.2) is 6.10 Å². The summed E-state index contributed by atoms with van der Waals surface area (Å²) in [6.45, 7) is 8.07. The number of carbonyl (C=O) groups is 2. The maximum atomic E-state index is 11.5. The first-order valence-corrected chi connectivity index (χ1v) is 5.79. The van der Waals surface area contributed by atoms with E-state index in [1.807, 2.05) is 6.92 Å². The number of amides is 1. The molecule has 0 rings (SSSR count). The van der Waals surface area contributed by atoms with Gasteiger partial charge in [-0.1, -0.05) is 27.7 Å². The average Bonchev–Trinajstić information content (AvgIpc) is 2.10. The molecule has 0 aromatic carbocycles. The standard InChI is InChI=1S/C12H23NO4/c1-8(6-12(2,3)4)5-10(15)13-7-9(14)11(16)17/h8-9,14H,5-7H2,1-4H3,(H,13,15)(H,16,17). The highest BCUT2D eigenvalue weighted by Crippen LogP contribution is 2.25. The van der Waals surface area contributed by atoms with E-state index >= 15 is 0 Å². The third kappa shape index (κ3) is 8.68. The molecule has 2 unspecified atom stereocenters. The summed E-state index contributed by atoms with van der Waals surface area (Å²) in [5.74, 6) is -1.31. The van der Waals surface area contributed by atoms with Crippen molar-refractivity contribution in [3.8, 4) is 0 Å². The van der Waals surface area contributed by atoms with Crippen molar-refractivity contribution in [2.75, 3.05) is 6.54 Å². The van der Waals surface area contributed by atoms with E-state index in [1.54, 1.807) is 0 Å². The van der Waals surface area contributed by atoms with Crippen LogP contribution >= 0.6 is 0 Å². The molecule has 100 valence electrons. The lowest BCUT2D eigenvalue weighted by Gasteiger charge is -2.22. The molecule has 1 amide bonds. The Kier molecular flexibility index (Phi) is 6.16. The fraction of sp³-hybridized carbons (Fsp3) is 0.833. The number of rotatable bonds is 6. The Hall–Kier alpha value is -1.10. The van der Waals surface area contributed by atoms with E-state index in [0.717, 1.165) is 6.42 Å². The van der Waals surface area contributed by atoms with Gasteiger partial charge in [0.1, 0.15) is 0 Å². The second kappa shape index (κ2) is 6.59. The smallest absolute Gasteiger partial charge is 0.334 e. The Labute approximate surface area is 102 Å². The molecule has 17 heavy (non-hydrogen) atoms. The van der Waals surface area contributed by atoms with Crippen molar-refractivity contribution >= 4 is 11.9 Å². The highest BCUT2D eigenvalue weighted by atomic mass is 16.4. The molecule has 5 heteroatoms. The molecule has 2 atom stereocenters. The first kappa shape index (κ1) is 15.9. The SMILES string of the molecule is CC(CC(=O)NCC(O)C(=O)O)CC(C)(C)C. The van der Waals surface area contributed by atoms with E-state index in [1.165, 1.54) is 0 Å². The van der Waals surface area contributed by atoms with Crippen molar-refractivity contribution < 1.29 is 19.8 Å². The summed E-state index contributed by atoms with van der Waals surface area (Å²) in [5, 5.41) is 19.8. The van der Waals surface area contributed by atoms with Crippen molar-refractivity contribution in [1.82, 2.24) is 5.32 Å². The number of aliphatic hydroxyl groups excluding tert-OH is 1. The second-order valence-electron chi connectivity index (χ2n) is 5.73. The molecule has 0 aromatic heterocycles. The van der Waals surface area contributed by atoms with Crippen molar-refractivity contribution in [2.24, 2.45) is 11.3 Å². The van der Waals surface area contributed by atoms with Crippen LogP contribution < -0.4 is 5.32 Å². The van der Waals surface area contributed by atoms with Gasteiger partial charge >= 0.3 is 5.97 Å². The highest BCUT2D eigenvalue weighted by Gasteiger charge is 2.19. The Morgan fingerprint density at radius 1 is 1.29 bits per heavy atom. The fourth-order valence-corrected chi connectivity index (χ4v) is 1.80. The summed E-state index contributed by atoms with van der Waals surface area (Å²) in [4.78, 5) is 21.8. The number of nitrogens with one attached hydrogen (secondary N) is 1. The molecule has 0 saturated heterocycles. The van der Waals surface area contributed by atoms with Crippen LogP contribution in [-0.2, 0) is 9.59 Å². The summed E-state index contributed by atoms with van der Waals surface area (Å²) in [6, 6.07) is 0. The third-order valence-corrected chi connectivity index (χ3v) is 2.27. The number of carboxylic acid groups (broad SMARTS) is 1. The molecule has 0 fully saturated rings. The normalized spacial score (nSPS) is 15.1. The van der Waals surface area contributed by atoms with Gasteiger partial charge in [0, 0.05) is 6.42 Å². The molecule has 0 aliphatic rings. The predicted octanol–water partition coefficient (Wildman–Crippen LogP) is 1.01. The van der Waals surface area contributed by atoms with E-state index < -0.39 is 12.1 Å². The molecule has 3 N–H and O–H groups in total. The number of aliphatic hydroxyl groups is 1. The molecule has 0 heterocycles. The Morgan fingerprint density at radius 2 is 1.82 bits per heavy atom. The largest absolute Gasteiger partial charge is 0.479 e. The quantitative estimate of drug-likeness (QED) is 0.652. The zero-order chi connectivity index (χ0) is 13.6. The summed E-state index contributed by atoms with van der Waals surface area (Å²) in [7, 11) is 0. The minimum Gasteiger partial charge on any atom is -0.479 e. The van der Waals surface area contributed by atoms with Crippen molar-refractivity contribution in [1.29, 1.82) is 0 Å². The third-order valence-electron chi connectivity index (χ3n) is 2.27. The van der Waals surface area contributed by atoms with Gasteiger partial charge < -0.3 is 15.5 Å². The van der Waals surface area contributed by atoms with Crippen LogP contribution in [-0.4, -0.2) is 34.7 Å². The second-order valence-corrected chi connectivity index (χ2v) is 5.73. The molecule has 0 aromatic rings. The van der Waals surface area contributed by atoms with Gasteiger partial charge in [-0.25, -0.2) is 4.79 Å². The first-order chi connectivity index (χ1) is 7.61. The minimum absolute atomic E-state index is 0.167. The Bertz CT molecular complexity index is 270. The lowest BCUT2D eigenvalue weighted by Crippen LogP contribution is -2.37. The lowest BCUT2D eigenvalue weighted by atomic mass is 9.84. The van der Waals surface area contributed by atoms with Gasteiger partial charge in [-0.15, -0.1) is 0 Å². The zero-order valence-electron chi connectivity index (χ0n) is 11.0. The average molecular weight is 245 g/mol. The van der Waals surface area contributed by atoms with Crippen LogP contribution in [0.3, 0.4) is 0 Å². The summed E-state index contributed by atoms with van der Waals surface area (Å²) < 4.78 is 0. The van der Waals surface area contributed by atoms with Crippen LogP contribution in [0.1, 0.15) is 40.5 Å². The topological polar surface area (TPSA) is 86.6 Å². The summed E-state index contributed by atoms with van der Waals surface area (Å²) >= 11 is 0. The molecular weight excluding hydrogens is 222 g/mol. The maximum Gasteiger partial charge on any atom is 0.334 e. The van der Waals surface area contributed by atoms with Crippen LogP contribution in [0.5, 0.6) is 0 Å². The number of aliphatic carboxylic acids is 1. The number of hydrogen-bond donors (Lipinski definition) is 3.